The highest BCUT2D eigenvalue weighted by molar-refractivity contribution is 6.21. The second-order valence-corrected chi connectivity index (χ2v) is 6.46. The molecule has 0 saturated heterocycles. The van der Waals surface area contributed by atoms with Crippen LogP contribution in [0.25, 0.3) is 0 Å². The summed E-state index contributed by atoms with van der Waals surface area (Å²) in [7, 11) is 0. The Morgan fingerprint density at radius 1 is 0.769 bits per heavy atom. The van der Waals surface area contributed by atoms with E-state index < -0.39 is 0 Å². The van der Waals surface area contributed by atoms with E-state index in [-0.39, 0.29) is 0 Å². The lowest BCUT2D eigenvalue weighted by Gasteiger charge is -2.36. The molecule has 4 aliphatic rings. The fraction of sp³-hybridized carbons (Fsp3) is 1.00. The Kier molecular flexibility index (Phi) is 1.32. The van der Waals surface area contributed by atoms with Gasteiger partial charge in [-0.15, -0.1) is 11.6 Å². The van der Waals surface area contributed by atoms with E-state index in [0.29, 0.717) is 5.38 Å². The molecular weight excluding hydrogens is 180 g/mol. The largest absolute Gasteiger partial charge is 0.123 e. The first kappa shape index (κ1) is 7.56. The molecule has 0 unspecified atom stereocenters. The molecule has 0 N–H and O–H groups in total. The zero-order valence-corrected chi connectivity index (χ0v) is 8.71. The van der Waals surface area contributed by atoms with Crippen molar-refractivity contribution in [2.24, 2.45) is 35.5 Å². The summed E-state index contributed by atoms with van der Waals surface area (Å²) in [5, 5.41) is 0.561. The zero-order valence-electron chi connectivity index (χ0n) is 7.95. The van der Waals surface area contributed by atoms with Gasteiger partial charge < -0.3 is 0 Å². The third-order valence-corrected chi connectivity index (χ3v) is 6.15. The van der Waals surface area contributed by atoms with Crippen LogP contribution in [0.15, 0.2) is 0 Å². The standard InChI is InChI=1S/C12H17Cl/c13-10-5-8-4-9(10)12-7-2-1-6(3-7)11(8)12/h6-12H,1-5H2/t6-,7+,8+,9-,10-,11-,12+/m0/s1. The Hall–Kier alpha value is 0.290. The van der Waals surface area contributed by atoms with Gasteiger partial charge in [-0.2, -0.15) is 0 Å². The van der Waals surface area contributed by atoms with Crippen LogP contribution in [-0.4, -0.2) is 5.38 Å². The first-order chi connectivity index (χ1) is 6.34. The molecule has 0 radical (unpaired) electrons. The van der Waals surface area contributed by atoms with Gasteiger partial charge in [-0.05, 0) is 67.6 Å². The maximum atomic E-state index is 6.41. The Bertz CT molecular complexity index is 250. The molecule has 72 valence electrons. The van der Waals surface area contributed by atoms with Gasteiger partial charge >= 0.3 is 0 Å². The summed E-state index contributed by atoms with van der Waals surface area (Å²) in [5.74, 6) is 6.44. The van der Waals surface area contributed by atoms with E-state index >= 15 is 0 Å². The van der Waals surface area contributed by atoms with E-state index in [1.807, 2.05) is 0 Å². The maximum absolute atomic E-state index is 6.41. The first-order valence-electron chi connectivity index (χ1n) is 5.98. The average Bonchev–Trinajstić information content (AvgIpc) is 2.78. The number of fused-ring (bicyclic) bond motifs is 9. The summed E-state index contributed by atoms with van der Waals surface area (Å²) in [6.07, 6.45) is 7.53. The molecule has 13 heavy (non-hydrogen) atoms. The summed E-state index contributed by atoms with van der Waals surface area (Å²) < 4.78 is 0. The van der Waals surface area contributed by atoms with Crippen LogP contribution >= 0.6 is 11.6 Å². The van der Waals surface area contributed by atoms with Gasteiger partial charge in [-0.1, -0.05) is 0 Å². The minimum absolute atomic E-state index is 0.561. The van der Waals surface area contributed by atoms with Crippen LogP contribution in [0.1, 0.15) is 32.1 Å². The Morgan fingerprint density at radius 2 is 1.54 bits per heavy atom. The van der Waals surface area contributed by atoms with Crippen molar-refractivity contribution in [2.45, 2.75) is 37.5 Å². The SMILES string of the molecule is Cl[C@H]1C[C@H]2C[C@@H]1[C@H]1[C@@H]3CC[C@@H](C3)[C@@H]21. The Balaban J connectivity index is 1.75. The number of hydrogen-bond donors (Lipinski definition) is 0. The van der Waals surface area contributed by atoms with Crippen molar-refractivity contribution in [1.29, 1.82) is 0 Å². The molecule has 4 fully saturated rings. The second kappa shape index (κ2) is 2.27. The molecule has 0 nitrogen and oxygen atoms in total. The molecular formula is C12H17Cl. The van der Waals surface area contributed by atoms with Crippen molar-refractivity contribution in [2.75, 3.05) is 0 Å². The molecule has 0 heterocycles. The van der Waals surface area contributed by atoms with Gasteiger partial charge in [0.25, 0.3) is 0 Å². The molecule has 4 aliphatic carbocycles. The predicted octanol–water partition coefficient (Wildman–Crippen LogP) is 3.30. The fourth-order valence-electron chi connectivity index (χ4n) is 5.48. The number of rotatable bonds is 0. The highest BCUT2D eigenvalue weighted by Gasteiger charge is 2.61. The van der Waals surface area contributed by atoms with E-state index in [4.69, 9.17) is 11.6 Å². The van der Waals surface area contributed by atoms with Gasteiger partial charge in [0.05, 0.1) is 0 Å². The van der Waals surface area contributed by atoms with Gasteiger partial charge in [0, 0.05) is 5.38 Å². The molecule has 0 aromatic carbocycles. The fourth-order valence-corrected chi connectivity index (χ4v) is 5.98. The van der Waals surface area contributed by atoms with E-state index in [9.17, 15) is 0 Å². The quantitative estimate of drug-likeness (QED) is 0.412. The van der Waals surface area contributed by atoms with Crippen molar-refractivity contribution in [3.05, 3.63) is 0 Å². The summed E-state index contributed by atoms with van der Waals surface area (Å²) in [6.45, 7) is 0. The highest BCUT2D eigenvalue weighted by Crippen LogP contribution is 2.68. The van der Waals surface area contributed by atoms with E-state index in [1.54, 1.807) is 19.3 Å². The third kappa shape index (κ3) is 0.763. The smallest absolute Gasteiger partial charge is 0.0370 e. The van der Waals surface area contributed by atoms with Gasteiger partial charge in [0.15, 0.2) is 0 Å². The monoisotopic (exact) mass is 196 g/mol. The molecule has 0 aliphatic heterocycles. The topological polar surface area (TPSA) is 0 Å². The molecule has 0 aromatic heterocycles. The van der Waals surface area contributed by atoms with Crippen molar-refractivity contribution in [1.82, 2.24) is 0 Å². The van der Waals surface area contributed by atoms with Crippen molar-refractivity contribution >= 4 is 11.6 Å². The van der Waals surface area contributed by atoms with Gasteiger partial charge in [-0.25, -0.2) is 0 Å². The number of halogens is 1. The van der Waals surface area contributed by atoms with Crippen LogP contribution in [0, 0.1) is 35.5 Å². The predicted molar refractivity (Wildman–Crippen MR) is 53.7 cm³/mol. The van der Waals surface area contributed by atoms with Crippen LogP contribution < -0.4 is 0 Å². The summed E-state index contributed by atoms with van der Waals surface area (Å²) in [6, 6.07) is 0. The summed E-state index contributed by atoms with van der Waals surface area (Å²) in [5.41, 5.74) is 0. The van der Waals surface area contributed by atoms with Crippen molar-refractivity contribution in [3.8, 4) is 0 Å². The van der Waals surface area contributed by atoms with Crippen LogP contribution in [0.4, 0.5) is 0 Å². The van der Waals surface area contributed by atoms with Crippen molar-refractivity contribution in [3.63, 3.8) is 0 Å². The lowest BCUT2D eigenvalue weighted by molar-refractivity contribution is 0.148. The van der Waals surface area contributed by atoms with E-state index in [2.05, 4.69) is 0 Å². The van der Waals surface area contributed by atoms with Crippen LogP contribution in [0.2, 0.25) is 0 Å². The van der Waals surface area contributed by atoms with Gasteiger partial charge in [0.2, 0.25) is 0 Å². The van der Waals surface area contributed by atoms with Crippen LogP contribution in [-0.2, 0) is 0 Å². The van der Waals surface area contributed by atoms with Crippen LogP contribution in [0.3, 0.4) is 0 Å². The van der Waals surface area contributed by atoms with Crippen LogP contribution in [0.5, 0.6) is 0 Å². The number of alkyl halides is 1. The zero-order chi connectivity index (χ0) is 8.58. The molecule has 4 saturated carbocycles. The minimum Gasteiger partial charge on any atom is -0.123 e. The van der Waals surface area contributed by atoms with Gasteiger partial charge in [-0.3, -0.25) is 0 Å². The lowest BCUT2D eigenvalue weighted by atomic mass is 9.71. The molecule has 1 heteroatoms. The maximum Gasteiger partial charge on any atom is 0.0370 e. The average molecular weight is 197 g/mol. The molecule has 0 spiro atoms. The molecule has 4 bridgehead atoms. The number of hydrogen-bond acceptors (Lipinski definition) is 0. The van der Waals surface area contributed by atoms with Crippen molar-refractivity contribution < 1.29 is 0 Å². The van der Waals surface area contributed by atoms with E-state index in [0.717, 1.165) is 35.5 Å². The summed E-state index contributed by atoms with van der Waals surface area (Å²) in [4.78, 5) is 0. The molecule has 4 rings (SSSR count). The lowest BCUT2D eigenvalue weighted by Crippen LogP contribution is -2.32. The first-order valence-corrected chi connectivity index (χ1v) is 6.42. The normalized spacial score (nSPS) is 67.6. The summed E-state index contributed by atoms with van der Waals surface area (Å²) >= 11 is 6.41. The van der Waals surface area contributed by atoms with Gasteiger partial charge in [0.1, 0.15) is 0 Å². The van der Waals surface area contributed by atoms with E-state index in [1.165, 1.54) is 12.8 Å². The Labute approximate surface area is 85.0 Å². The molecule has 0 aromatic rings. The highest BCUT2D eigenvalue weighted by atomic mass is 35.5. The molecule has 7 atom stereocenters. The minimum atomic E-state index is 0.561. The third-order valence-electron chi connectivity index (χ3n) is 5.65. The second-order valence-electron chi connectivity index (χ2n) is 5.90. The Morgan fingerprint density at radius 3 is 2.38 bits per heavy atom. The molecule has 0 amide bonds.